The first-order chi connectivity index (χ1) is 18.4. The third kappa shape index (κ3) is 3.48. The molecule has 2 N–H and O–H groups in total. The van der Waals surface area contributed by atoms with E-state index in [2.05, 4.69) is 11.4 Å². The Kier molecular flexibility index (Phi) is 5.98. The number of methoxy groups -OCH3 is 2. The summed E-state index contributed by atoms with van der Waals surface area (Å²) in [5, 5.41) is 25.2. The molecule has 11 nitrogen and oxygen atoms in total. The van der Waals surface area contributed by atoms with Crippen LogP contribution in [0.1, 0.15) is 39.9 Å². The molecule has 0 amide bonds. The van der Waals surface area contributed by atoms with Crippen LogP contribution >= 0.6 is 0 Å². The van der Waals surface area contributed by atoms with Crippen molar-refractivity contribution in [2.24, 2.45) is 0 Å². The molecule has 200 valence electrons. The highest BCUT2D eigenvalue weighted by molar-refractivity contribution is 5.81. The van der Waals surface area contributed by atoms with Crippen LogP contribution in [0.3, 0.4) is 0 Å². The summed E-state index contributed by atoms with van der Waals surface area (Å²) in [6.45, 7) is 3.77. The molecule has 6 rings (SSSR count). The summed E-state index contributed by atoms with van der Waals surface area (Å²) < 4.78 is 33.7. The molecule has 4 aliphatic heterocycles. The van der Waals surface area contributed by atoms with Gasteiger partial charge < -0.3 is 38.8 Å². The molecule has 0 saturated carbocycles. The van der Waals surface area contributed by atoms with Crippen LogP contribution in [0.4, 0.5) is 0 Å². The number of nitrogens with one attached hydrogen (secondary N) is 1. The number of nitrogens with zero attached hydrogens (tertiary/aromatic N) is 2. The second-order valence-corrected chi connectivity index (χ2v) is 9.93. The Morgan fingerprint density at radius 1 is 1.21 bits per heavy atom. The van der Waals surface area contributed by atoms with Crippen molar-refractivity contribution >= 4 is 5.97 Å². The molecule has 2 saturated heterocycles. The number of benzene rings is 2. The molecule has 0 aromatic heterocycles. The monoisotopic (exact) mass is 523 g/mol. The van der Waals surface area contributed by atoms with E-state index in [1.54, 1.807) is 6.07 Å². The lowest BCUT2D eigenvalue weighted by Crippen LogP contribution is -2.69. The normalized spacial score (nSPS) is 27.1. The molecule has 2 aromatic carbocycles. The number of nitriles is 1. The Morgan fingerprint density at radius 2 is 2.00 bits per heavy atom. The number of cyclic esters (lactones) is 1. The van der Waals surface area contributed by atoms with Crippen molar-refractivity contribution in [2.75, 3.05) is 34.4 Å². The molecule has 2 aromatic rings. The van der Waals surface area contributed by atoms with E-state index in [0.717, 1.165) is 11.1 Å². The van der Waals surface area contributed by atoms with Crippen LogP contribution in [-0.4, -0.2) is 68.5 Å². The lowest BCUT2D eigenvalue weighted by molar-refractivity contribution is -0.171. The zero-order valence-corrected chi connectivity index (χ0v) is 21.6. The average molecular weight is 524 g/mol. The molecule has 2 fully saturated rings. The summed E-state index contributed by atoms with van der Waals surface area (Å²) in [6, 6.07) is 3.43. The lowest BCUT2D eigenvalue weighted by atomic mass is 9.77. The number of rotatable bonds is 5. The number of esters is 1. The third-order valence-electron chi connectivity index (χ3n) is 7.93. The molecule has 4 aliphatic rings. The maximum Gasteiger partial charge on any atom is 0.328 e. The minimum absolute atomic E-state index is 0.00300. The van der Waals surface area contributed by atoms with Gasteiger partial charge in [0, 0.05) is 29.8 Å². The van der Waals surface area contributed by atoms with Crippen LogP contribution in [0.5, 0.6) is 28.7 Å². The minimum Gasteiger partial charge on any atom is -0.504 e. The number of ether oxygens (including phenoxy) is 6. The van der Waals surface area contributed by atoms with Gasteiger partial charge in [-0.15, -0.1) is 0 Å². The highest BCUT2D eigenvalue weighted by Crippen LogP contribution is 2.52. The first-order valence-electron chi connectivity index (χ1n) is 12.4. The zero-order valence-electron chi connectivity index (χ0n) is 21.6. The highest BCUT2D eigenvalue weighted by Gasteiger charge is 2.55. The molecule has 2 bridgehead atoms. The highest BCUT2D eigenvalue weighted by atomic mass is 16.7. The fraction of sp³-hybridized carbons (Fsp3) is 0.481. The number of carbonyl (C=O) groups excluding carboxylic acids is 1. The standard InChI is InChI=1S/C27H29N3O8/c1-12-5-14-6-16-17(8-28)30-18(21(29-16)20(14)23(31)24(12)34-4)9-35-27(32)22(30)15-7-19(36-10-33-3)13(2)25-26(15)38-11-37-25/h5,7,16-18,21-22,29,31H,6,9-11H2,1-4H3/t16-,17+,18-,21-,22-/m0/s1. The van der Waals surface area contributed by atoms with Crippen molar-refractivity contribution in [3.63, 3.8) is 0 Å². The van der Waals surface area contributed by atoms with Gasteiger partial charge in [-0.05, 0) is 37.5 Å². The average Bonchev–Trinajstić information content (AvgIpc) is 3.39. The van der Waals surface area contributed by atoms with Crippen LogP contribution in [0, 0.1) is 25.2 Å². The second kappa shape index (κ2) is 9.23. The number of carbonyl (C=O) groups is 1. The summed E-state index contributed by atoms with van der Waals surface area (Å²) in [6.07, 6.45) is 0.501. The Balaban J connectivity index is 1.50. The van der Waals surface area contributed by atoms with Gasteiger partial charge in [-0.3, -0.25) is 4.90 Å². The number of hydrogen-bond acceptors (Lipinski definition) is 11. The number of hydrogen-bond donors (Lipinski definition) is 2. The van der Waals surface area contributed by atoms with Crippen molar-refractivity contribution in [3.05, 3.63) is 39.9 Å². The molecule has 0 aliphatic carbocycles. The van der Waals surface area contributed by atoms with E-state index in [1.807, 2.05) is 24.8 Å². The first kappa shape index (κ1) is 24.6. The predicted molar refractivity (Wildman–Crippen MR) is 131 cm³/mol. The molecule has 0 radical (unpaired) electrons. The smallest absolute Gasteiger partial charge is 0.328 e. The summed E-state index contributed by atoms with van der Waals surface area (Å²) in [5.74, 6) is 1.36. The summed E-state index contributed by atoms with van der Waals surface area (Å²) in [7, 11) is 3.04. The Hall–Kier alpha value is -3.72. The fourth-order valence-electron chi connectivity index (χ4n) is 6.36. The number of fused-ring (bicyclic) bond motifs is 7. The molecule has 0 spiro atoms. The molecule has 38 heavy (non-hydrogen) atoms. The van der Waals surface area contributed by atoms with Gasteiger partial charge in [0.05, 0.1) is 25.3 Å². The van der Waals surface area contributed by atoms with Gasteiger partial charge in [0.2, 0.25) is 6.79 Å². The summed E-state index contributed by atoms with van der Waals surface area (Å²) >= 11 is 0. The Labute approximate surface area is 219 Å². The number of phenols is 1. The largest absolute Gasteiger partial charge is 0.504 e. The van der Waals surface area contributed by atoms with E-state index in [9.17, 15) is 15.2 Å². The Morgan fingerprint density at radius 3 is 2.74 bits per heavy atom. The van der Waals surface area contributed by atoms with E-state index in [-0.39, 0.29) is 32.0 Å². The van der Waals surface area contributed by atoms with Crippen LogP contribution in [-0.2, 0) is 20.7 Å². The quantitative estimate of drug-likeness (QED) is 0.441. The van der Waals surface area contributed by atoms with Crippen molar-refractivity contribution in [1.82, 2.24) is 10.2 Å². The van der Waals surface area contributed by atoms with E-state index in [0.29, 0.717) is 46.1 Å². The maximum atomic E-state index is 13.5. The number of piperazine rings is 1. The van der Waals surface area contributed by atoms with Gasteiger partial charge in [0.25, 0.3) is 0 Å². The van der Waals surface area contributed by atoms with E-state index < -0.39 is 30.1 Å². The topological polar surface area (TPSA) is 132 Å². The van der Waals surface area contributed by atoms with E-state index in [4.69, 9.17) is 28.4 Å². The van der Waals surface area contributed by atoms with E-state index >= 15 is 0 Å². The molecule has 4 heterocycles. The third-order valence-corrected chi connectivity index (χ3v) is 7.93. The van der Waals surface area contributed by atoms with Crippen molar-refractivity contribution < 1.29 is 38.3 Å². The predicted octanol–water partition coefficient (Wildman–Crippen LogP) is 2.16. The van der Waals surface area contributed by atoms with Gasteiger partial charge >= 0.3 is 5.97 Å². The van der Waals surface area contributed by atoms with E-state index in [1.165, 1.54) is 14.2 Å². The second-order valence-electron chi connectivity index (χ2n) is 9.93. The van der Waals surface area contributed by atoms with Crippen LogP contribution in [0.15, 0.2) is 12.1 Å². The molecular weight excluding hydrogens is 494 g/mol. The van der Waals surface area contributed by atoms with Gasteiger partial charge in [-0.1, -0.05) is 6.07 Å². The maximum absolute atomic E-state index is 13.5. The molecule has 0 unspecified atom stereocenters. The molecule has 5 atom stereocenters. The van der Waals surface area contributed by atoms with Crippen LogP contribution in [0.2, 0.25) is 0 Å². The molecular formula is C27H29N3O8. The van der Waals surface area contributed by atoms with Crippen LogP contribution in [0.25, 0.3) is 0 Å². The number of morpholine rings is 1. The zero-order chi connectivity index (χ0) is 26.7. The molecule has 11 heteroatoms. The van der Waals surface area contributed by atoms with Crippen LogP contribution < -0.4 is 24.3 Å². The minimum atomic E-state index is -0.956. The Bertz CT molecular complexity index is 1360. The number of aromatic hydroxyl groups is 1. The number of aryl methyl sites for hydroxylation is 1. The van der Waals surface area contributed by atoms with Crippen molar-refractivity contribution in [2.45, 2.75) is 50.5 Å². The fourth-order valence-corrected chi connectivity index (χ4v) is 6.36. The lowest BCUT2D eigenvalue weighted by Gasteiger charge is -2.55. The number of phenolic OH excluding ortho intramolecular Hbond substituents is 1. The van der Waals surface area contributed by atoms with Crippen molar-refractivity contribution in [3.8, 4) is 34.8 Å². The van der Waals surface area contributed by atoms with Gasteiger partial charge in [0.15, 0.2) is 29.8 Å². The summed E-state index contributed by atoms with van der Waals surface area (Å²) in [4.78, 5) is 15.4. The van der Waals surface area contributed by atoms with Gasteiger partial charge in [-0.25, -0.2) is 4.79 Å². The first-order valence-corrected chi connectivity index (χ1v) is 12.4. The SMILES string of the molecule is COCOc1cc([C@H]2C(=O)OC[C@H]3[C@@H]4N[C@@H](Cc5cc(C)c(OC)c(O)c54)[C@@H](C#N)N23)c2c(c1C)OCO2. The van der Waals surface area contributed by atoms with Gasteiger partial charge in [-0.2, -0.15) is 5.26 Å². The van der Waals surface area contributed by atoms with Gasteiger partial charge in [0.1, 0.15) is 24.4 Å². The summed E-state index contributed by atoms with van der Waals surface area (Å²) in [5.41, 5.74) is 3.68. The van der Waals surface area contributed by atoms with Crippen molar-refractivity contribution in [1.29, 1.82) is 5.26 Å².